The Hall–Kier alpha value is -1.34. The lowest BCUT2D eigenvalue weighted by atomic mass is 9.98. The van der Waals surface area contributed by atoms with Crippen LogP contribution in [-0.2, 0) is 4.79 Å². The lowest BCUT2D eigenvalue weighted by Gasteiger charge is -2.26. The third-order valence-corrected chi connectivity index (χ3v) is 2.91. The van der Waals surface area contributed by atoms with E-state index < -0.39 is 12.1 Å². The molecule has 0 aromatic carbocycles. The molecule has 2 N–H and O–H groups in total. The molecule has 3 atom stereocenters. The van der Waals surface area contributed by atoms with E-state index in [1.807, 2.05) is 19.9 Å². The van der Waals surface area contributed by atoms with Crippen molar-refractivity contribution in [1.82, 2.24) is 4.90 Å². The Bertz CT molecular complexity index is 305. The molecule has 1 aliphatic heterocycles. The zero-order valence-electron chi connectivity index (χ0n) is 9.18. The number of rotatable bonds is 3. The molecule has 4 heteroatoms. The first-order valence-corrected chi connectivity index (χ1v) is 5.24. The minimum absolute atomic E-state index is 0.124. The van der Waals surface area contributed by atoms with Gasteiger partial charge in [0, 0.05) is 6.54 Å². The lowest BCUT2D eigenvalue weighted by molar-refractivity contribution is -0.133. The topological polar surface area (TPSA) is 70.1 Å². The maximum absolute atomic E-state index is 11.9. The maximum Gasteiger partial charge on any atom is 0.241 e. The number of hydrogen-bond donors (Lipinski definition) is 1. The Morgan fingerprint density at radius 3 is 3.00 bits per heavy atom. The molecule has 0 aliphatic carbocycles. The average molecular weight is 207 g/mol. The van der Waals surface area contributed by atoms with Crippen molar-refractivity contribution in [2.24, 2.45) is 11.7 Å². The van der Waals surface area contributed by atoms with Crippen molar-refractivity contribution in [3.8, 4) is 6.07 Å². The van der Waals surface area contributed by atoms with Crippen molar-refractivity contribution in [2.75, 3.05) is 6.54 Å². The van der Waals surface area contributed by atoms with Crippen LogP contribution >= 0.6 is 0 Å². The van der Waals surface area contributed by atoms with Gasteiger partial charge < -0.3 is 10.6 Å². The summed E-state index contributed by atoms with van der Waals surface area (Å²) in [4.78, 5) is 13.4. The van der Waals surface area contributed by atoms with Crippen LogP contribution < -0.4 is 5.73 Å². The summed E-state index contributed by atoms with van der Waals surface area (Å²) < 4.78 is 0. The minimum Gasteiger partial charge on any atom is -0.320 e. The molecule has 82 valence electrons. The minimum atomic E-state index is -0.495. The van der Waals surface area contributed by atoms with Crippen LogP contribution in [0.25, 0.3) is 0 Å². The molecule has 1 aliphatic rings. The van der Waals surface area contributed by atoms with Gasteiger partial charge >= 0.3 is 0 Å². The first kappa shape index (κ1) is 11.7. The summed E-state index contributed by atoms with van der Waals surface area (Å²) >= 11 is 0. The molecule has 0 aromatic rings. The quantitative estimate of drug-likeness (QED) is 0.691. The van der Waals surface area contributed by atoms with Crippen molar-refractivity contribution >= 4 is 5.91 Å². The van der Waals surface area contributed by atoms with Gasteiger partial charge in [-0.3, -0.25) is 4.79 Å². The van der Waals surface area contributed by atoms with Gasteiger partial charge in [-0.05, 0) is 12.0 Å². The van der Waals surface area contributed by atoms with Gasteiger partial charge in [0.25, 0.3) is 0 Å². The smallest absolute Gasteiger partial charge is 0.241 e. The standard InChI is InChI=1S/C11H17N3O/c1-3-8(2)10(13)11(15)14-6-4-5-9(14)7-12/h4-5,8-10H,3,6,13H2,1-2H3/t8?,9-,10?/m0/s1. The second-order valence-electron chi connectivity index (χ2n) is 3.90. The molecule has 1 rings (SSSR count). The highest BCUT2D eigenvalue weighted by molar-refractivity contribution is 5.83. The Labute approximate surface area is 90.3 Å². The molecule has 0 saturated heterocycles. The van der Waals surface area contributed by atoms with E-state index in [9.17, 15) is 4.79 Å². The predicted octanol–water partition coefficient (Wildman–Crippen LogP) is 0.650. The van der Waals surface area contributed by atoms with Gasteiger partial charge in [-0.2, -0.15) is 5.26 Å². The van der Waals surface area contributed by atoms with Gasteiger partial charge in [-0.15, -0.1) is 0 Å². The van der Waals surface area contributed by atoms with Crippen molar-refractivity contribution in [3.63, 3.8) is 0 Å². The third kappa shape index (κ3) is 2.37. The molecule has 0 radical (unpaired) electrons. The third-order valence-electron chi connectivity index (χ3n) is 2.91. The molecule has 4 nitrogen and oxygen atoms in total. The predicted molar refractivity (Wildman–Crippen MR) is 57.7 cm³/mol. The van der Waals surface area contributed by atoms with E-state index in [0.29, 0.717) is 6.54 Å². The van der Waals surface area contributed by atoms with Gasteiger partial charge in [0.15, 0.2) is 0 Å². The molecular formula is C11H17N3O. The number of carbonyl (C=O) groups is 1. The summed E-state index contributed by atoms with van der Waals surface area (Å²) in [5, 5.41) is 8.83. The Balaban J connectivity index is 2.66. The van der Waals surface area contributed by atoms with Crippen molar-refractivity contribution in [1.29, 1.82) is 5.26 Å². The highest BCUT2D eigenvalue weighted by atomic mass is 16.2. The summed E-state index contributed by atoms with van der Waals surface area (Å²) in [6, 6.07) is 1.14. The summed E-state index contributed by atoms with van der Waals surface area (Å²) in [7, 11) is 0. The van der Waals surface area contributed by atoms with Crippen LogP contribution in [0.5, 0.6) is 0 Å². The zero-order valence-corrected chi connectivity index (χ0v) is 9.18. The van der Waals surface area contributed by atoms with E-state index in [0.717, 1.165) is 6.42 Å². The van der Waals surface area contributed by atoms with E-state index in [1.165, 1.54) is 4.90 Å². The van der Waals surface area contributed by atoms with Crippen LogP contribution in [0, 0.1) is 17.2 Å². The van der Waals surface area contributed by atoms with Gasteiger partial charge in [0.1, 0.15) is 6.04 Å². The molecule has 15 heavy (non-hydrogen) atoms. The second-order valence-corrected chi connectivity index (χ2v) is 3.90. The fraction of sp³-hybridized carbons (Fsp3) is 0.636. The Kier molecular flexibility index (Phi) is 3.87. The fourth-order valence-corrected chi connectivity index (χ4v) is 1.55. The Morgan fingerprint density at radius 2 is 2.47 bits per heavy atom. The average Bonchev–Trinajstić information content (AvgIpc) is 2.73. The van der Waals surface area contributed by atoms with Crippen LogP contribution in [-0.4, -0.2) is 29.4 Å². The molecule has 0 fully saturated rings. The number of nitriles is 1. The van der Waals surface area contributed by atoms with E-state index in [2.05, 4.69) is 6.07 Å². The SMILES string of the molecule is CCC(C)C(N)C(=O)N1CC=C[C@H]1C#N. The zero-order chi connectivity index (χ0) is 11.4. The number of carbonyl (C=O) groups excluding carboxylic acids is 1. The first-order valence-electron chi connectivity index (χ1n) is 5.24. The van der Waals surface area contributed by atoms with Gasteiger partial charge in [0.2, 0.25) is 5.91 Å². The van der Waals surface area contributed by atoms with Crippen LogP contribution in [0.4, 0.5) is 0 Å². The normalized spacial score (nSPS) is 23.6. The molecule has 1 amide bonds. The maximum atomic E-state index is 11.9. The molecule has 2 unspecified atom stereocenters. The highest BCUT2D eigenvalue weighted by Crippen LogP contribution is 2.14. The van der Waals surface area contributed by atoms with Crippen LogP contribution in [0.15, 0.2) is 12.2 Å². The summed E-state index contributed by atoms with van der Waals surface area (Å²) in [6.07, 6.45) is 4.43. The Morgan fingerprint density at radius 1 is 1.80 bits per heavy atom. The van der Waals surface area contributed by atoms with E-state index >= 15 is 0 Å². The molecule has 1 heterocycles. The summed E-state index contributed by atoms with van der Waals surface area (Å²) in [5.41, 5.74) is 5.84. The monoisotopic (exact) mass is 207 g/mol. The molecule has 0 spiro atoms. The van der Waals surface area contributed by atoms with Crippen molar-refractivity contribution in [2.45, 2.75) is 32.4 Å². The second kappa shape index (κ2) is 4.94. The van der Waals surface area contributed by atoms with Gasteiger partial charge in [0.05, 0.1) is 12.1 Å². The first-order chi connectivity index (χ1) is 7.11. The summed E-state index contributed by atoms with van der Waals surface area (Å²) in [5.74, 6) is 0.0262. The van der Waals surface area contributed by atoms with Crippen molar-refractivity contribution in [3.05, 3.63) is 12.2 Å². The van der Waals surface area contributed by atoms with E-state index in [4.69, 9.17) is 11.0 Å². The van der Waals surface area contributed by atoms with E-state index in [-0.39, 0.29) is 11.8 Å². The molecule has 0 aromatic heterocycles. The van der Waals surface area contributed by atoms with Crippen LogP contribution in [0.1, 0.15) is 20.3 Å². The fourth-order valence-electron chi connectivity index (χ4n) is 1.55. The van der Waals surface area contributed by atoms with Gasteiger partial charge in [-0.25, -0.2) is 0 Å². The number of hydrogen-bond acceptors (Lipinski definition) is 3. The van der Waals surface area contributed by atoms with Crippen molar-refractivity contribution < 1.29 is 4.79 Å². The van der Waals surface area contributed by atoms with Crippen LogP contribution in [0.2, 0.25) is 0 Å². The number of nitrogens with zero attached hydrogens (tertiary/aromatic N) is 2. The molecular weight excluding hydrogens is 190 g/mol. The largest absolute Gasteiger partial charge is 0.320 e. The molecule has 0 bridgehead atoms. The molecule has 0 saturated carbocycles. The van der Waals surface area contributed by atoms with Crippen LogP contribution in [0.3, 0.4) is 0 Å². The number of amides is 1. The lowest BCUT2D eigenvalue weighted by Crippen LogP contribution is -2.48. The van der Waals surface area contributed by atoms with Gasteiger partial charge in [-0.1, -0.05) is 26.3 Å². The van der Waals surface area contributed by atoms with E-state index in [1.54, 1.807) is 6.08 Å². The highest BCUT2D eigenvalue weighted by Gasteiger charge is 2.30. The number of nitrogens with two attached hydrogens (primary N) is 1. The summed E-state index contributed by atoms with van der Waals surface area (Å²) in [6.45, 7) is 4.45.